The van der Waals surface area contributed by atoms with Crippen LogP contribution in [0.5, 0.6) is 0 Å². The maximum absolute atomic E-state index is 10.9. The molecule has 2 rings (SSSR count). The van der Waals surface area contributed by atoms with Gasteiger partial charge < -0.3 is 10.0 Å². The van der Waals surface area contributed by atoms with Crippen LogP contribution in [0, 0.1) is 16.0 Å². The summed E-state index contributed by atoms with van der Waals surface area (Å²) < 4.78 is 0. The first-order valence-corrected chi connectivity index (χ1v) is 6.38. The summed E-state index contributed by atoms with van der Waals surface area (Å²) in [6.45, 7) is 0.917. The lowest BCUT2D eigenvalue weighted by Crippen LogP contribution is -2.19. The van der Waals surface area contributed by atoms with Gasteiger partial charge in [0.05, 0.1) is 10.5 Å². The van der Waals surface area contributed by atoms with Crippen LogP contribution in [0.25, 0.3) is 6.08 Å². The first-order valence-electron chi connectivity index (χ1n) is 6.38. The van der Waals surface area contributed by atoms with Crippen LogP contribution in [0.1, 0.15) is 18.4 Å². The molecule has 1 aliphatic carbocycles. The number of rotatable bonds is 6. The van der Waals surface area contributed by atoms with E-state index in [0.717, 1.165) is 18.3 Å². The first kappa shape index (κ1) is 14.0. The third kappa shape index (κ3) is 3.57. The van der Waals surface area contributed by atoms with Crippen LogP contribution < -0.4 is 4.90 Å². The Bertz CT molecular complexity index is 564. The zero-order chi connectivity index (χ0) is 14.7. The van der Waals surface area contributed by atoms with Gasteiger partial charge in [0.25, 0.3) is 5.69 Å². The Morgan fingerprint density at radius 2 is 2.25 bits per heavy atom. The summed E-state index contributed by atoms with van der Waals surface area (Å²) in [5, 5.41) is 19.6. The smallest absolute Gasteiger partial charge is 0.328 e. The topological polar surface area (TPSA) is 83.7 Å². The fourth-order valence-corrected chi connectivity index (χ4v) is 2.03. The third-order valence-electron chi connectivity index (χ3n) is 3.28. The van der Waals surface area contributed by atoms with E-state index in [1.807, 2.05) is 11.9 Å². The fourth-order valence-electron chi connectivity index (χ4n) is 2.03. The van der Waals surface area contributed by atoms with E-state index in [1.54, 1.807) is 12.1 Å². The number of nitro groups is 1. The second-order valence-electron chi connectivity index (χ2n) is 5.00. The Kier molecular flexibility index (Phi) is 4.02. The molecule has 0 bridgehead atoms. The Labute approximate surface area is 116 Å². The molecule has 1 fully saturated rings. The molecule has 6 heteroatoms. The number of aliphatic carboxylic acids is 1. The molecule has 0 saturated heterocycles. The molecule has 1 saturated carbocycles. The van der Waals surface area contributed by atoms with Crippen molar-refractivity contribution in [2.24, 2.45) is 5.92 Å². The van der Waals surface area contributed by atoms with Gasteiger partial charge in [-0.15, -0.1) is 0 Å². The van der Waals surface area contributed by atoms with Gasteiger partial charge in [-0.3, -0.25) is 10.1 Å². The molecule has 0 aliphatic heterocycles. The van der Waals surface area contributed by atoms with Crippen LogP contribution in [0.4, 0.5) is 11.4 Å². The van der Waals surface area contributed by atoms with Crippen molar-refractivity contribution >= 4 is 23.4 Å². The van der Waals surface area contributed by atoms with E-state index in [0.29, 0.717) is 11.5 Å². The van der Waals surface area contributed by atoms with E-state index in [-0.39, 0.29) is 5.69 Å². The van der Waals surface area contributed by atoms with Gasteiger partial charge in [0.1, 0.15) is 0 Å². The molecule has 20 heavy (non-hydrogen) atoms. The predicted octanol–water partition coefficient (Wildman–Crippen LogP) is 2.54. The van der Waals surface area contributed by atoms with E-state index >= 15 is 0 Å². The van der Waals surface area contributed by atoms with Crippen LogP contribution in [-0.4, -0.2) is 29.6 Å². The van der Waals surface area contributed by atoms with Crippen molar-refractivity contribution in [2.75, 3.05) is 18.5 Å². The second-order valence-corrected chi connectivity index (χ2v) is 5.00. The average Bonchev–Trinajstić information content (AvgIpc) is 3.19. The molecule has 0 amide bonds. The number of nitro benzene ring substituents is 1. The van der Waals surface area contributed by atoms with Crippen LogP contribution in [0.2, 0.25) is 0 Å². The predicted molar refractivity (Wildman–Crippen MR) is 75.8 cm³/mol. The monoisotopic (exact) mass is 276 g/mol. The van der Waals surface area contributed by atoms with E-state index in [2.05, 4.69) is 0 Å². The van der Waals surface area contributed by atoms with Crippen LogP contribution in [0.15, 0.2) is 24.3 Å². The van der Waals surface area contributed by atoms with Crippen LogP contribution >= 0.6 is 0 Å². The fraction of sp³-hybridized carbons (Fsp3) is 0.357. The van der Waals surface area contributed by atoms with E-state index in [4.69, 9.17) is 5.11 Å². The highest BCUT2D eigenvalue weighted by atomic mass is 16.6. The van der Waals surface area contributed by atoms with Gasteiger partial charge in [-0.05, 0) is 37.0 Å². The highest BCUT2D eigenvalue weighted by Gasteiger charge is 2.23. The number of carboxylic acid groups (broad SMARTS) is 1. The Balaban J connectivity index is 2.28. The summed E-state index contributed by atoms with van der Waals surface area (Å²) in [5.41, 5.74) is 1.07. The zero-order valence-electron chi connectivity index (χ0n) is 11.2. The molecule has 1 aromatic carbocycles. The molecule has 106 valence electrons. The van der Waals surface area contributed by atoms with Gasteiger partial charge in [-0.2, -0.15) is 0 Å². The van der Waals surface area contributed by atoms with Crippen LogP contribution in [-0.2, 0) is 4.79 Å². The molecule has 1 aliphatic rings. The number of carboxylic acids is 1. The molecule has 0 atom stereocenters. The van der Waals surface area contributed by atoms with Crippen molar-refractivity contribution in [1.82, 2.24) is 0 Å². The molecule has 0 heterocycles. The van der Waals surface area contributed by atoms with E-state index in [9.17, 15) is 14.9 Å². The number of carbonyl (C=O) groups is 1. The van der Waals surface area contributed by atoms with Gasteiger partial charge >= 0.3 is 5.97 Å². The van der Waals surface area contributed by atoms with Gasteiger partial charge in [-0.25, -0.2) is 4.79 Å². The van der Waals surface area contributed by atoms with Gasteiger partial charge in [-0.1, -0.05) is 0 Å². The number of hydrogen-bond donors (Lipinski definition) is 1. The maximum atomic E-state index is 10.9. The second kappa shape index (κ2) is 5.73. The number of hydrogen-bond acceptors (Lipinski definition) is 4. The Hall–Kier alpha value is -2.37. The van der Waals surface area contributed by atoms with Crippen molar-refractivity contribution in [3.8, 4) is 0 Å². The van der Waals surface area contributed by atoms with Crippen molar-refractivity contribution in [2.45, 2.75) is 12.8 Å². The molecule has 1 aromatic rings. The standard InChI is InChI=1S/C14H16N2O4/c1-15(9-10-2-3-10)12-5-6-13(16(19)20)11(8-12)4-7-14(17)18/h4-8,10H,2-3,9H2,1H3,(H,17,18)/b7-4+. The summed E-state index contributed by atoms with van der Waals surface area (Å²) in [6.07, 6.45) is 4.62. The molecular formula is C14H16N2O4. The van der Waals surface area contributed by atoms with Crippen molar-refractivity contribution in [3.05, 3.63) is 40.0 Å². The third-order valence-corrected chi connectivity index (χ3v) is 3.28. The quantitative estimate of drug-likeness (QED) is 0.490. The molecule has 1 N–H and O–H groups in total. The van der Waals surface area contributed by atoms with Crippen molar-refractivity contribution < 1.29 is 14.8 Å². The molecule has 0 spiro atoms. The molecule has 6 nitrogen and oxygen atoms in total. The molecule has 0 aromatic heterocycles. The van der Waals surface area contributed by atoms with E-state index in [1.165, 1.54) is 25.0 Å². The van der Waals surface area contributed by atoms with Crippen molar-refractivity contribution in [3.63, 3.8) is 0 Å². The lowest BCUT2D eigenvalue weighted by Gasteiger charge is -2.19. The lowest BCUT2D eigenvalue weighted by atomic mass is 10.1. The molecule has 0 radical (unpaired) electrons. The van der Waals surface area contributed by atoms with Gasteiger partial charge in [0, 0.05) is 31.4 Å². The van der Waals surface area contributed by atoms with Crippen molar-refractivity contribution in [1.29, 1.82) is 0 Å². The maximum Gasteiger partial charge on any atom is 0.328 e. The minimum Gasteiger partial charge on any atom is -0.478 e. The number of anilines is 1. The summed E-state index contributed by atoms with van der Waals surface area (Å²) in [6, 6.07) is 4.76. The first-order chi connectivity index (χ1) is 9.47. The Morgan fingerprint density at radius 1 is 1.55 bits per heavy atom. The molecule has 0 unspecified atom stereocenters. The largest absolute Gasteiger partial charge is 0.478 e. The van der Waals surface area contributed by atoms with E-state index < -0.39 is 10.9 Å². The molecular weight excluding hydrogens is 260 g/mol. The summed E-state index contributed by atoms with van der Waals surface area (Å²) in [7, 11) is 1.93. The SMILES string of the molecule is CN(CC1CC1)c1ccc([N+](=O)[O-])c(/C=C/C(=O)O)c1. The minimum absolute atomic E-state index is 0.0916. The summed E-state index contributed by atoms with van der Waals surface area (Å²) in [4.78, 5) is 23.0. The average molecular weight is 276 g/mol. The number of benzene rings is 1. The van der Waals surface area contributed by atoms with Gasteiger partial charge in [0.2, 0.25) is 0 Å². The highest BCUT2D eigenvalue weighted by Crippen LogP contribution is 2.32. The number of nitrogens with zero attached hydrogens (tertiary/aromatic N) is 2. The van der Waals surface area contributed by atoms with Crippen LogP contribution in [0.3, 0.4) is 0 Å². The Morgan fingerprint density at radius 3 is 2.80 bits per heavy atom. The summed E-state index contributed by atoms with van der Waals surface area (Å²) >= 11 is 0. The summed E-state index contributed by atoms with van der Waals surface area (Å²) in [5.74, 6) is -0.427. The normalized spacial score (nSPS) is 14.4. The van der Waals surface area contributed by atoms with Gasteiger partial charge in [0.15, 0.2) is 0 Å². The lowest BCUT2D eigenvalue weighted by molar-refractivity contribution is -0.385. The highest BCUT2D eigenvalue weighted by molar-refractivity contribution is 5.86. The zero-order valence-corrected chi connectivity index (χ0v) is 11.2. The minimum atomic E-state index is -1.13.